The van der Waals surface area contributed by atoms with E-state index < -0.39 is 0 Å². The summed E-state index contributed by atoms with van der Waals surface area (Å²) >= 11 is 0. The number of methoxy groups -OCH3 is 1. The third-order valence-electron chi connectivity index (χ3n) is 3.61. The number of likely N-dealkylation sites (N-methyl/N-ethyl adjacent to an activating group) is 1. The second-order valence-electron chi connectivity index (χ2n) is 5.11. The molecule has 0 aliphatic rings. The van der Waals surface area contributed by atoms with E-state index in [2.05, 4.69) is 10.3 Å². The number of urea groups is 1. The zero-order chi connectivity index (χ0) is 17.2. The van der Waals surface area contributed by atoms with Gasteiger partial charge in [-0.3, -0.25) is 4.98 Å². The van der Waals surface area contributed by atoms with Crippen LogP contribution in [0.3, 0.4) is 0 Å². The lowest BCUT2D eigenvalue weighted by atomic mass is 10.2. The van der Waals surface area contributed by atoms with Crippen LogP contribution in [0.15, 0.2) is 48.8 Å². The van der Waals surface area contributed by atoms with Crippen molar-refractivity contribution in [1.82, 2.24) is 15.2 Å². The molecule has 1 heterocycles. The van der Waals surface area contributed by atoms with Crippen LogP contribution in [0.4, 0.5) is 4.79 Å². The lowest BCUT2D eigenvalue weighted by Crippen LogP contribution is -2.42. The molecule has 0 spiro atoms. The summed E-state index contributed by atoms with van der Waals surface area (Å²) in [5.74, 6) is 1.23. The zero-order valence-electron chi connectivity index (χ0n) is 14.1. The molecule has 0 radical (unpaired) electrons. The summed E-state index contributed by atoms with van der Waals surface area (Å²) < 4.78 is 10.8. The van der Waals surface area contributed by atoms with Crippen molar-refractivity contribution in [2.75, 3.05) is 26.9 Å². The van der Waals surface area contributed by atoms with Gasteiger partial charge < -0.3 is 19.7 Å². The largest absolute Gasteiger partial charge is 0.493 e. The molecule has 6 nitrogen and oxygen atoms in total. The molecule has 2 aromatic rings. The summed E-state index contributed by atoms with van der Waals surface area (Å²) in [5.41, 5.74) is 1.15. The van der Waals surface area contributed by atoms with Crippen molar-refractivity contribution in [3.8, 4) is 11.5 Å². The van der Waals surface area contributed by atoms with Crippen LogP contribution in [0.5, 0.6) is 11.5 Å². The van der Waals surface area contributed by atoms with Gasteiger partial charge in [-0.05, 0) is 43.2 Å². The average molecular weight is 329 g/mol. The van der Waals surface area contributed by atoms with Gasteiger partial charge in [0.1, 0.15) is 0 Å². The van der Waals surface area contributed by atoms with Crippen LogP contribution in [0.1, 0.15) is 12.5 Å². The second-order valence-corrected chi connectivity index (χ2v) is 5.11. The Morgan fingerprint density at radius 3 is 2.54 bits per heavy atom. The normalized spacial score (nSPS) is 10.1. The van der Waals surface area contributed by atoms with Gasteiger partial charge in [-0.25, -0.2) is 4.79 Å². The van der Waals surface area contributed by atoms with Crippen molar-refractivity contribution in [3.05, 3.63) is 54.4 Å². The third kappa shape index (κ3) is 5.15. The number of carbonyl (C=O) groups excluding carboxylic acids is 1. The Hall–Kier alpha value is -2.76. The highest BCUT2D eigenvalue weighted by Gasteiger charge is 2.11. The van der Waals surface area contributed by atoms with Crippen molar-refractivity contribution in [1.29, 1.82) is 0 Å². The molecule has 0 fully saturated rings. The molecule has 2 amide bonds. The Kier molecular flexibility index (Phi) is 6.89. The minimum Gasteiger partial charge on any atom is -0.493 e. The van der Waals surface area contributed by atoms with E-state index in [1.54, 1.807) is 30.5 Å². The minimum absolute atomic E-state index is 0.0883. The molecule has 1 aromatic carbocycles. The van der Waals surface area contributed by atoms with Gasteiger partial charge in [0.25, 0.3) is 0 Å². The van der Waals surface area contributed by atoms with Gasteiger partial charge in [0.2, 0.25) is 0 Å². The first kappa shape index (κ1) is 17.6. The zero-order valence-corrected chi connectivity index (χ0v) is 14.1. The molecule has 1 aromatic heterocycles. The van der Waals surface area contributed by atoms with Crippen LogP contribution in [-0.4, -0.2) is 42.8 Å². The number of rotatable bonds is 8. The Morgan fingerprint density at radius 1 is 1.17 bits per heavy atom. The molecule has 0 atom stereocenters. The van der Waals surface area contributed by atoms with Crippen LogP contribution in [0, 0.1) is 0 Å². The Balaban J connectivity index is 1.79. The third-order valence-corrected chi connectivity index (χ3v) is 3.61. The predicted molar refractivity (Wildman–Crippen MR) is 92.2 cm³/mol. The molecular weight excluding hydrogens is 306 g/mol. The summed E-state index contributed by atoms with van der Waals surface area (Å²) in [7, 11) is 1.58. The number of amides is 2. The maximum atomic E-state index is 12.2. The van der Waals surface area contributed by atoms with E-state index >= 15 is 0 Å². The number of pyridine rings is 1. The first-order chi connectivity index (χ1) is 11.7. The SMILES string of the molecule is CCN(CCc1ccncc1)C(=O)NCOc1ccccc1OC. The number of carbonyl (C=O) groups is 1. The maximum absolute atomic E-state index is 12.2. The summed E-state index contributed by atoms with van der Waals surface area (Å²) in [4.78, 5) is 18.0. The molecule has 2 rings (SSSR count). The number of hydrogen-bond donors (Lipinski definition) is 1. The van der Waals surface area contributed by atoms with E-state index in [-0.39, 0.29) is 12.8 Å². The van der Waals surface area contributed by atoms with Crippen LogP contribution < -0.4 is 14.8 Å². The Labute approximate surface area is 142 Å². The summed E-state index contributed by atoms with van der Waals surface area (Å²) in [5, 5.41) is 2.77. The highest BCUT2D eigenvalue weighted by molar-refractivity contribution is 5.74. The van der Waals surface area contributed by atoms with E-state index in [9.17, 15) is 4.79 Å². The lowest BCUT2D eigenvalue weighted by Gasteiger charge is -2.21. The molecule has 0 bridgehead atoms. The molecule has 24 heavy (non-hydrogen) atoms. The van der Waals surface area contributed by atoms with Gasteiger partial charge in [-0.1, -0.05) is 12.1 Å². The Bertz CT molecular complexity index is 634. The van der Waals surface area contributed by atoms with Crippen molar-refractivity contribution in [3.63, 3.8) is 0 Å². The minimum atomic E-state index is -0.151. The lowest BCUT2D eigenvalue weighted by molar-refractivity contribution is 0.186. The maximum Gasteiger partial charge on any atom is 0.320 e. The van der Waals surface area contributed by atoms with Gasteiger partial charge in [-0.15, -0.1) is 0 Å². The molecule has 0 unspecified atom stereocenters. The summed E-state index contributed by atoms with van der Waals surface area (Å²) in [6.45, 7) is 3.31. The number of para-hydroxylation sites is 2. The van der Waals surface area contributed by atoms with E-state index in [0.717, 1.165) is 12.0 Å². The van der Waals surface area contributed by atoms with Gasteiger partial charge in [0.05, 0.1) is 7.11 Å². The fourth-order valence-electron chi connectivity index (χ4n) is 2.24. The van der Waals surface area contributed by atoms with Gasteiger partial charge in [-0.2, -0.15) is 0 Å². The molecule has 0 saturated heterocycles. The topological polar surface area (TPSA) is 63.7 Å². The molecule has 6 heteroatoms. The highest BCUT2D eigenvalue weighted by atomic mass is 16.5. The van der Waals surface area contributed by atoms with Crippen LogP contribution >= 0.6 is 0 Å². The number of benzene rings is 1. The van der Waals surface area contributed by atoms with Gasteiger partial charge in [0, 0.05) is 25.5 Å². The van der Waals surface area contributed by atoms with E-state index in [0.29, 0.717) is 24.6 Å². The number of hydrogen-bond acceptors (Lipinski definition) is 4. The monoisotopic (exact) mass is 329 g/mol. The standard InChI is InChI=1S/C18H23N3O3/c1-3-21(13-10-15-8-11-19-12-9-15)18(22)20-14-24-17-7-5-4-6-16(17)23-2/h4-9,11-12H,3,10,13-14H2,1-2H3,(H,20,22). The van der Waals surface area contributed by atoms with Crippen molar-refractivity contribution in [2.45, 2.75) is 13.3 Å². The number of aromatic nitrogens is 1. The smallest absolute Gasteiger partial charge is 0.320 e. The Morgan fingerprint density at radius 2 is 1.88 bits per heavy atom. The van der Waals surface area contributed by atoms with Crippen LogP contribution in [-0.2, 0) is 6.42 Å². The summed E-state index contributed by atoms with van der Waals surface area (Å²) in [6, 6.07) is 11.1. The van der Waals surface area contributed by atoms with Crippen molar-refractivity contribution < 1.29 is 14.3 Å². The predicted octanol–water partition coefficient (Wildman–Crippen LogP) is 2.70. The molecular formula is C18H23N3O3. The van der Waals surface area contributed by atoms with Gasteiger partial charge >= 0.3 is 6.03 Å². The molecule has 1 N–H and O–H groups in total. The quantitative estimate of drug-likeness (QED) is 0.756. The number of nitrogens with zero attached hydrogens (tertiary/aromatic N) is 2. The van der Waals surface area contributed by atoms with Crippen molar-refractivity contribution >= 4 is 6.03 Å². The average Bonchev–Trinajstić information content (AvgIpc) is 2.63. The fraction of sp³-hybridized carbons (Fsp3) is 0.333. The second kappa shape index (κ2) is 9.39. The highest BCUT2D eigenvalue weighted by Crippen LogP contribution is 2.25. The molecule has 128 valence electrons. The van der Waals surface area contributed by atoms with Crippen molar-refractivity contribution in [2.24, 2.45) is 0 Å². The first-order valence-corrected chi connectivity index (χ1v) is 7.92. The van der Waals surface area contributed by atoms with Crippen LogP contribution in [0.2, 0.25) is 0 Å². The number of ether oxygens (including phenoxy) is 2. The van der Waals surface area contributed by atoms with Crippen LogP contribution in [0.25, 0.3) is 0 Å². The van der Waals surface area contributed by atoms with Gasteiger partial charge in [0.15, 0.2) is 18.2 Å². The molecule has 0 aliphatic carbocycles. The fourth-order valence-corrected chi connectivity index (χ4v) is 2.24. The molecule has 0 saturated carbocycles. The summed E-state index contributed by atoms with van der Waals surface area (Å²) in [6.07, 6.45) is 4.30. The van der Waals surface area contributed by atoms with E-state index in [1.165, 1.54) is 0 Å². The first-order valence-electron chi connectivity index (χ1n) is 7.92. The van der Waals surface area contributed by atoms with E-state index in [1.807, 2.05) is 37.3 Å². The number of nitrogens with one attached hydrogen (secondary N) is 1. The molecule has 0 aliphatic heterocycles. The van der Waals surface area contributed by atoms with E-state index in [4.69, 9.17) is 9.47 Å².